The molecule has 1 aromatic carbocycles. The zero-order valence-corrected chi connectivity index (χ0v) is 11.3. The first-order chi connectivity index (χ1) is 9.11. The first kappa shape index (κ1) is 13.1. The third kappa shape index (κ3) is 2.94. The van der Waals surface area contributed by atoms with Crippen LogP contribution in [-0.2, 0) is 11.3 Å². The van der Waals surface area contributed by atoms with Gasteiger partial charge in [-0.1, -0.05) is 36.9 Å². The molecule has 0 aromatic heterocycles. The zero-order chi connectivity index (χ0) is 13.8. The van der Waals surface area contributed by atoms with E-state index in [1.807, 2.05) is 42.3 Å². The second kappa shape index (κ2) is 5.57. The minimum absolute atomic E-state index is 0.101. The molecule has 98 valence electrons. The first-order valence-corrected chi connectivity index (χ1v) is 6.24. The molecule has 19 heavy (non-hydrogen) atoms. The van der Waals surface area contributed by atoms with Gasteiger partial charge >= 0.3 is 0 Å². The van der Waals surface area contributed by atoms with Crippen LogP contribution in [0.5, 0.6) is 0 Å². The van der Waals surface area contributed by atoms with Crippen molar-refractivity contribution in [2.75, 3.05) is 7.05 Å². The summed E-state index contributed by atoms with van der Waals surface area (Å²) in [6.45, 7) is 6.72. The maximum absolute atomic E-state index is 11.8. The third-order valence-electron chi connectivity index (χ3n) is 3.06. The second-order valence-electron chi connectivity index (χ2n) is 4.57. The van der Waals surface area contributed by atoms with Crippen molar-refractivity contribution >= 4 is 5.91 Å². The van der Waals surface area contributed by atoms with Crippen molar-refractivity contribution in [3.8, 4) is 0 Å². The van der Waals surface area contributed by atoms with Gasteiger partial charge in [-0.2, -0.15) is 0 Å². The van der Waals surface area contributed by atoms with Crippen LogP contribution in [0, 0.1) is 0 Å². The number of rotatable bonds is 3. The Bertz CT molecular complexity index is 555. The molecule has 0 atom stereocenters. The minimum Gasteiger partial charge on any atom is -0.355 e. The van der Waals surface area contributed by atoms with E-state index in [4.69, 9.17) is 0 Å². The van der Waals surface area contributed by atoms with E-state index in [1.54, 1.807) is 7.05 Å². The van der Waals surface area contributed by atoms with Gasteiger partial charge in [-0.3, -0.25) is 4.79 Å². The largest absolute Gasteiger partial charge is 0.355 e. The highest BCUT2D eigenvalue weighted by Gasteiger charge is 2.20. The van der Waals surface area contributed by atoms with Crippen LogP contribution >= 0.6 is 0 Å². The summed E-state index contributed by atoms with van der Waals surface area (Å²) in [5.41, 5.74) is 3.58. The first-order valence-electron chi connectivity index (χ1n) is 6.24. The molecule has 0 spiro atoms. The van der Waals surface area contributed by atoms with E-state index in [0.717, 1.165) is 11.3 Å². The number of nitrogens with zero attached hydrogens (tertiary/aromatic N) is 1. The summed E-state index contributed by atoms with van der Waals surface area (Å²) in [4.78, 5) is 13.8. The molecule has 3 heteroatoms. The zero-order valence-electron chi connectivity index (χ0n) is 11.3. The molecule has 1 amide bonds. The molecule has 1 aliphatic rings. The minimum atomic E-state index is -0.101. The molecular formula is C16H18N2O. The maximum Gasteiger partial charge on any atom is 0.253 e. The van der Waals surface area contributed by atoms with E-state index in [2.05, 4.69) is 24.0 Å². The van der Waals surface area contributed by atoms with Gasteiger partial charge in [-0.05, 0) is 24.1 Å². The lowest BCUT2D eigenvalue weighted by Gasteiger charge is -2.28. The highest BCUT2D eigenvalue weighted by molar-refractivity contribution is 5.98. The van der Waals surface area contributed by atoms with Crippen LogP contribution in [0.1, 0.15) is 12.5 Å². The van der Waals surface area contributed by atoms with Crippen LogP contribution in [-0.4, -0.2) is 17.9 Å². The van der Waals surface area contributed by atoms with E-state index in [1.165, 1.54) is 5.56 Å². The number of nitrogens with one attached hydrogen (secondary N) is 1. The molecule has 0 saturated carbocycles. The standard InChI is InChI=1S/C16H18N2O/c1-12-9-15(16(19)17-3)13(2)18(10-12)11-14-7-5-4-6-8-14/h4-10H,2,11H2,1,3H3,(H,17,19). The molecule has 0 unspecified atom stereocenters. The second-order valence-corrected chi connectivity index (χ2v) is 4.57. The molecule has 1 heterocycles. The SMILES string of the molecule is C=C1C(C(=O)NC)=CC(C)=CN1Cc1ccccc1. The molecule has 1 aromatic rings. The summed E-state index contributed by atoms with van der Waals surface area (Å²) in [7, 11) is 1.63. The van der Waals surface area contributed by atoms with Crippen molar-refractivity contribution in [1.29, 1.82) is 0 Å². The van der Waals surface area contributed by atoms with Gasteiger partial charge in [0.15, 0.2) is 0 Å². The van der Waals surface area contributed by atoms with Crippen molar-refractivity contribution in [3.63, 3.8) is 0 Å². The van der Waals surface area contributed by atoms with Crippen LogP contribution in [0.2, 0.25) is 0 Å². The lowest BCUT2D eigenvalue weighted by Crippen LogP contribution is -2.28. The highest BCUT2D eigenvalue weighted by Crippen LogP contribution is 2.24. The molecule has 1 aliphatic heterocycles. The highest BCUT2D eigenvalue weighted by atomic mass is 16.1. The van der Waals surface area contributed by atoms with Crippen molar-refractivity contribution < 1.29 is 4.79 Å². The van der Waals surface area contributed by atoms with Crippen molar-refractivity contribution in [3.05, 3.63) is 71.6 Å². The summed E-state index contributed by atoms with van der Waals surface area (Å²) in [6.07, 6.45) is 3.88. The topological polar surface area (TPSA) is 32.3 Å². The number of carbonyl (C=O) groups is 1. The molecule has 0 fully saturated rings. The molecule has 0 bridgehead atoms. The fourth-order valence-electron chi connectivity index (χ4n) is 2.08. The monoisotopic (exact) mass is 254 g/mol. The molecular weight excluding hydrogens is 236 g/mol. The Balaban J connectivity index is 2.22. The Kier molecular flexibility index (Phi) is 3.85. The van der Waals surface area contributed by atoms with Crippen molar-refractivity contribution in [2.45, 2.75) is 13.5 Å². The third-order valence-corrected chi connectivity index (χ3v) is 3.06. The van der Waals surface area contributed by atoms with Crippen LogP contribution in [0.25, 0.3) is 0 Å². The Morgan fingerprint density at radius 2 is 2.00 bits per heavy atom. The van der Waals surface area contributed by atoms with Crippen molar-refractivity contribution in [1.82, 2.24) is 10.2 Å². The fourth-order valence-corrected chi connectivity index (χ4v) is 2.08. The Hall–Kier alpha value is -2.29. The number of hydrogen-bond donors (Lipinski definition) is 1. The Labute approximate surface area is 113 Å². The van der Waals surface area contributed by atoms with Gasteiger partial charge in [0, 0.05) is 25.5 Å². The molecule has 0 saturated heterocycles. The van der Waals surface area contributed by atoms with Crippen LogP contribution in [0.4, 0.5) is 0 Å². The lowest BCUT2D eigenvalue weighted by molar-refractivity contribution is -0.116. The predicted molar refractivity (Wildman–Crippen MR) is 77.0 cm³/mol. The average Bonchev–Trinajstić information content (AvgIpc) is 2.42. The van der Waals surface area contributed by atoms with E-state index >= 15 is 0 Å². The van der Waals surface area contributed by atoms with E-state index in [-0.39, 0.29) is 5.91 Å². The van der Waals surface area contributed by atoms with Gasteiger partial charge in [0.2, 0.25) is 0 Å². The van der Waals surface area contributed by atoms with E-state index in [9.17, 15) is 4.79 Å². The number of carbonyl (C=O) groups excluding carboxylic acids is 1. The molecule has 1 N–H and O–H groups in total. The summed E-state index contributed by atoms with van der Waals surface area (Å²) < 4.78 is 0. The van der Waals surface area contributed by atoms with Crippen molar-refractivity contribution in [2.24, 2.45) is 0 Å². The van der Waals surface area contributed by atoms with Gasteiger partial charge in [0.25, 0.3) is 5.91 Å². The summed E-state index contributed by atoms with van der Waals surface area (Å²) >= 11 is 0. The van der Waals surface area contributed by atoms with Gasteiger partial charge in [0.1, 0.15) is 0 Å². The van der Waals surface area contributed by atoms with Gasteiger partial charge < -0.3 is 10.2 Å². The van der Waals surface area contributed by atoms with Crippen LogP contribution in [0.3, 0.4) is 0 Å². The van der Waals surface area contributed by atoms with Crippen LogP contribution in [0.15, 0.2) is 66.0 Å². The van der Waals surface area contributed by atoms with Gasteiger partial charge in [-0.15, -0.1) is 0 Å². The number of benzene rings is 1. The van der Waals surface area contributed by atoms with Crippen LogP contribution < -0.4 is 5.32 Å². The smallest absolute Gasteiger partial charge is 0.253 e. The molecule has 3 nitrogen and oxygen atoms in total. The van der Waals surface area contributed by atoms with E-state index in [0.29, 0.717) is 12.1 Å². The lowest BCUT2D eigenvalue weighted by atomic mass is 10.0. The number of likely N-dealkylation sites (N-methyl/N-ethyl adjacent to an activating group) is 1. The summed E-state index contributed by atoms with van der Waals surface area (Å²) in [6, 6.07) is 10.1. The molecule has 0 radical (unpaired) electrons. The quantitative estimate of drug-likeness (QED) is 0.899. The average molecular weight is 254 g/mol. The van der Waals surface area contributed by atoms with Gasteiger partial charge in [0.05, 0.1) is 5.57 Å². The van der Waals surface area contributed by atoms with Gasteiger partial charge in [-0.25, -0.2) is 0 Å². The predicted octanol–water partition coefficient (Wildman–Crippen LogP) is 2.59. The molecule has 2 rings (SSSR count). The number of amides is 1. The Morgan fingerprint density at radius 1 is 1.32 bits per heavy atom. The summed E-state index contributed by atoms with van der Waals surface area (Å²) in [5, 5.41) is 2.65. The fraction of sp³-hybridized carbons (Fsp3) is 0.188. The number of hydrogen-bond acceptors (Lipinski definition) is 2. The molecule has 0 aliphatic carbocycles. The normalized spacial score (nSPS) is 14.8. The van der Waals surface area contributed by atoms with E-state index < -0.39 is 0 Å². The summed E-state index contributed by atoms with van der Waals surface area (Å²) in [5.74, 6) is -0.101. The number of allylic oxidation sites excluding steroid dienone is 2. The maximum atomic E-state index is 11.8. The Morgan fingerprint density at radius 3 is 2.63 bits per heavy atom.